The average Bonchev–Trinajstić information content (AvgIpc) is 2.26. The molecule has 0 fully saturated rings. The number of ether oxygens (including phenoxy) is 1. The lowest BCUT2D eigenvalue weighted by Gasteiger charge is -2.13. The van der Waals surface area contributed by atoms with Gasteiger partial charge in [0.2, 0.25) is 0 Å². The van der Waals surface area contributed by atoms with Gasteiger partial charge in [-0.25, -0.2) is 0 Å². The van der Waals surface area contributed by atoms with Gasteiger partial charge in [-0.15, -0.1) is 0 Å². The van der Waals surface area contributed by atoms with Crippen LogP contribution >= 0.6 is 11.6 Å². The number of hydrogen-bond donors (Lipinski definition) is 2. The van der Waals surface area contributed by atoms with Gasteiger partial charge in [0.1, 0.15) is 5.75 Å². The van der Waals surface area contributed by atoms with E-state index in [9.17, 15) is 5.11 Å². The van der Waals surface area contributed by atoms with E-state index in [1.54, 1.807) is 25.3 Å². The summed E-state index contributed by atoms with van der Waals surface area (Å²) in [5.74, 6) is 0.725. The van der Waals surface area contributed by atoms with Crippen LogP contribution in [0.15, 0.2) is 18.2 Å². The van der Waals surface area contributed by atoms with Crippen molar-refractivity contribution in [1.82, 2.24) is 0 Å². The normalized spacial score (nSPS) is 12.3. The lowest BCUT2D eigenvalue weighted by molar-refractivity contribution is 0.183. The first-order valence-electron chi connectivity index (χ1n) is 4.92. The summed E-state index contributed by atoms with van der Waals surface area (Å²) in [6, 6.07) is 5.34. The van der Waals surface area contributed by atoms with Crippen LogP contribution in [0.1, 0.15) is 13.3 Å². The van der Waals surface area contributed by atoms with Gasteiger partial charge in [0.15, 0.2) is 0 Å². The van der Waals surface area contributed by atoms with E-state index in [2.05, 4.69) is 5.32 Å². The molecule has 0 spiro atoms. The summed E-state index contributed by atoms with van der Waals surface area (Å²) in [6.45, 7) is 2.43. The fraction of sp³-hybridized carbons (Fsp3) is 0.455. The molecule has 0 aliphatic carbocycles. The van der Waals surface area contributed by atoms with E-state index >= 15 is 0 Å². The maximum atomic E-state index is 9.42. The molecule has 0 radical (unpaired) electrons. The second-order valence-electron chi connectivity index (χ2n) is 3.29. The average molecular weight is 230 g/mol. The molecule has 3 nitrogen and oxygen atoms in total. The van der Waals surface area contributed by atoms with Crippen LogP contribution in [0.2, 0.25) is 5.02 Å². The number of methoxy groups -OCH3 is 1. The van der Waals surface area contributed by atoms with E-state index in [4.69, 9.17) is 16.3 Å². The van der Waals surface area contributed by atoms with Crippen molar-refractivity contribution in [2.45, 2.75) is 19.4 Å². The monoisotopic (exact) mass is 229 g/mol. The van der Waals surface area contributed by atoms with Gasteiger partial charge >= 0.3 is 0 Å². The summed E-state index contributed by atoms with van der Waals surface area (Å²) in [4.78, 5) is 0. The van der Waals surface area contributed by atoms with Crippen LogP contribution in [0.4, 0.5) is 5.69 Å². The van der Waals surface area contributed by atoms with Crippen molar-refractivity contribution in [3.8, 4) is 5.75 Å². The van der Waals surface area contributed by atoms with Crippen molar-refractivity contribution in [3.05, 3.63) is 23.2 Å². The Hall–Kier alpha value is -0.930. The van der Waals surface area contributed by atoms with E-state index in [0.717, 1.165) is 17.9 Å². The third kappa shape index (κ3) is 3.61. The fourth-order valence-electron chi connectivity index (χ4n) is 1.19. The van der Waals surface area contributed by atoms with Crippen molar-refractivity contribution < 1.29 is 9.84 Å². The number of aliphatic hydroxyl groups is 1. The molecule has 0 saturated carbocycles. The number of anilines is 1. The minimum Gasteiger partial charge on any atom is -0.495 e. The third-order valence-corrected chi connectivity index (χ3v) is 2.40. The topological polar surface area (TPSA) is 41.5 Å². The van der Waals surface area contributed by atoms with E-state index in [-0.39, 0.29) is 6.10 Å². The molecule has 1 unspecified atom stereocenters. The summed E-state index contributed by atoms with van der Waals surface area (Å²) < 4.78 is 5.16. The SMILES string of the molecule is CCC(O)CNc1cc(Cl)ccc1OC. The molecule has 15 heavy (non-hydrogen) atoms. The maximum Gasteiger partial charge on any atom is 0.142 e. The Labute approximate surface area is 95.0 Å². The first-order valence-corrected chi connectivity index (χ1v) is 5.30. The number of benzene rings is 1. The Kier molecular flexibility index (Phi) is 4.72. The molecular formula is C11H16ClNO2. The number of nitrogens with one attached hydrogen (secondary N) is 1. The Morgan fingerprint density at radius 2 is 2.27 bits per heavy atom. The number of halogens is 1. The van der Waals surface area contributed by atoms with Gasteiger partial charge < -0.3 is 15.2 Å². The molecule has 1 rings (SSSR count). The highest BCUT2D eigenvalue weighted by Gasteiger charge is 2.05. The molecule has 4 heteroatoms. The van der Waals surface area contributed by atoms with E-state index in [1.807, 2.05) is 6.92 Å². The van der Waals surface area contributed by atoms with Crippen LogP contribution in [-0.4, -0.2) is 24.9 Å². The highest BCUT2D eigenvalue weighted by atomic mass is 35.5. The van der Waals surface area contributed by atoms with Gasteiger partial charge in [-0.1, -0.05) is 18.5 Å². The first kappa shape index (κ1) is 12.1. The standard InChI is InChI=1S/C11H16ClNO2/c1-3-9(14)7-13-10-6-8(12)4-5-11(10)15-2/h4-6,9,13-14H,3,7H2,1-2H3. The van der Waals surface area contributed by atoms with Crippen LogP contribution in [0.25, 0.3) is 0 Å². The van der Waals surface area contributed by atoms with Crippen LogP contribution in [0, 0.1) is 0 Å². The van der Waals surface area contributed by atoms with Crippen molar-refractivity contribution in [2.75, 3.05) is 19.0 Å². The van der Waals surface area contributed by atoms with Gasteiger partial charge in [-0.05, 0) is 24.6 Å². The minimum atomic E-state index is -0.353. The quantitative estimate of drug-likeness (QED) is 0.815. The first-order chi connectivity index (χ1) is 7.17. The van der Waals surface area contributed by atoms with Crippen LogP contribution in [0.5, 0.6) is 5.75 Å². The Balaban J connectivity index is 2.69. The maximum absolute atomic E-state index is 9.42. The molecule has 1 aromatic rings. The fourth-order valence-corrected chi connectivity index (χ4v) is 1.36. The smallest absolute Gasteiger partial charge is 0.142 e. The minimum absolute atomic E-state index is 0.353. The summed E-state index contributed by atoms with van der Waals surface area (Å²) in [5.41, 5.74) is 0.803. The Morgan fingerprint density at radius 1 is 1.53 bits per heavy atom. The predicted octanol–water partition coefficient (Wildman–Crippen LogP) is 2.53. The number of hydrogen-bond acceptors (Lipinski definition) is 3. The van der Waals surface area contributed by atoms with Crippen LogP contribution < -0.4 is 10.1 Å². The lowest BCUT2D eigenvalue weighted by Crippen LogP contribution is -2.18. The number of aliphatic hydroxyl groups excluding tert-OH is 1. The van der Waals surface area contributed by atoms with Gasteiger partial charge in [0.05, 0.1) is 18.9 Å². The summed E-state index contributed by atoms with van der Waals surface area (Å²) in [6.07, 6.45) is 0.365. The van der Waals surface area contributed by atoms with Crippen molar-refractivity contribution in [1.29, 1.82) is 0 Å². The molecule has 0 bridgehead atoms. The zero-order valence-corrected chi connectivity index (χ0v) is 9.71. The molecule has 0 aliphatic heterocycles. The molecule has 2 N–H and O–H groups in total. The highest BCUT2D eigenvalue weighted by Crippen LogP contribution is 2.27. The summed E-state index contributed by atoms with van der Waals surface area (Å²) >= 11 is 5.86. The zero-order chi connectivity index (χ0) is 11.3. The van der Waals surface area contributed by atoms with Crippen molar-refractivity contribution >= 4 is 17.3 Å². The molecule has 84 valence electrons. The van der Waals surface area contributed by atoms with E-state index in [1.165, 1.54) is 0 Å². The molecule has 1 atom stereocenters. The summed E-state index contributed by atoms with van der Waals surface area (Å²) in [7, 11) is 1.60. The molecule has 0 amide bonds. The second kappa shape index (κ2) is 5.83. The molecule has 0 aliphatic rings. The van der Waals surface area contributed by atoms with Crippen molar-refractivity contribution in [3.63, 3.8) is 0 Å². The lowest BCUT2D eigenvalue weighted by atomic mass is 10.2. The van der Waals surface area contributed by atoms with Crippen LogP contribution in [0.3, 0.4) is 0 Å². The third-order valence-electron chi connectivity index (χ3n) is 2.16. The molecule has 0 aromatic heterocycles. The van der Waals surface area contributed by atoms with E-state index < -0.39 is 0 Å². The highest BCUT2D eigenvalue weighted by molar-refractivity contribution is 6.30. The van der Waals surface area contributed by atoms with Gasteiger partial charge in [-0.2, -0.15) is 0 Å². The van der Waals surface area contributed by atoms with Crippen LogP contribution in [-0.2, 0) is 0 Å². The van der Waals surface area contributed by atoms with Gasteiger partial charge in [0, 0.05) is 11.6 Å². The van der Waals surface area contributed by atoms with Gasteiger partial charge in [0.25, 0.3) is 0 Å². The predicted molar refractivity (Wildman–Crippen MR) is 62.8 cm³/mol. The summed E-state index contributed by atoms with van der Waals surface area (Å²) in [5, 5.41) is 13.2. The zero-order valence-electron chi connectivity index (χ0n) is 8.96. The molecule has 0 saturated heterocycles. The van der Waals surface area contributed by atoms with Crippen molar-refractivity contribution in [2.24, 2.45) is 0 Å². The van der Waals surface area contributed by atoms with Gasteiger partial charge in [-0.3, -0.25) is 0 Å². The molecule has 0 heterocycles. The Bertz CT molecular complexity index is 317. The van der Waals surface area contributed by atoms with E-state index in [0.29, 0.717) is 11.6 Å². The molecular weight excluding hydrogens is 214 g/mol. The largest absolute Gasteiger partial charge is 0.495 e. The second-order valence-corrected chi connectivity index (χ2v) is 3.72. The molecule has 1 aromatic carbocycles. The Morgan fingerprint density at radius 3 is 2.87 bits per heavy atom. The number of rotatable bonds is 5.